The van der Waals surface area contributed by atoms with Gasteiger partial charge in [0.15, 0.2) is 0 Å². The van der Waals surface area contributed by atoms with Gasteiger partial charge in [-0.05, 0) is 55.8 Å². The molecule has 2 N–H and O–H groups in total. The molecule has 24 heavy (non-hydrogen) atoms. The second-order valence-corrected chi connectivity index (χ2v) is 5.22. The zero-order valence-electron chi connectivity index (χ0n) is 13.8. The number of carbonyl (C=O) groups excluding carboxylic acids is 1. The van der Waals surface area contributed by atoms with Gasteiger partial charge in [-0.25, -0.2) is 4.79 Å². The quantitative estimate of drug-likeness (QED) is 0.547. The van der Waals surface area contributed by atoms with Crippen molar-refractivity contribution in [2.75, 3.05) is 26.3 Å². The number of para-hydroxylation sites is 1. The lowest BCUT2D eigenvalue weighted by molar-refractivity contribution is 0.0526. The summed E-state index contributed by atoms with van der Waals surface area (Å²) >= 11 is 0. The van der Waals surface area contributed by atoms with Crippen molar-refractivity contribution in [3.05, 3.63) is 59.7 Å². The van der Waals surface area contributed by atoms with Crippen LogP contribution in [0.5, 0.6) is 11.5 Å². The average Bonchev–Trinajstić information content (AvgIpc) is 2.60. The molecule has 0 fully saturated rings. The molecular weight excluding hydrogens is 306 g/mol. The first-order chi connectivity index (χ1) is 11.7. The zero-order valence-corrected chi connectivity index (χ0v) is 13.8. The van der Waals surface area contributed by atoms with E-state index in [1.54, 1.807) is 37.3 Å². The monoisotopic (exact) mass is 329 g/mol. The Morgan fingerprint density at radius 3 is 2.54 bits per heavy atom. The van der Waals surface area contributed by atoms with Gasteiger partial charge in [0.25, 0.3) is 0 Å². The normalized spacial score (nSPS) is 10.4. The minimum absolute atomic E-state index is 0.324. The van der Waals surface area contributed by atoms with Gasteiger partial charge in [-0.15, -0.1) is 0 Å². The number of nitrogens with one attached hydrogen (secondary N) is 1. The molecule has 128 valence electrons. The summed E-state index contributed by atoms with van der Waals surface area (Å²) in [5.74, 6) is 0.720. The molecule has 5 heteroatoms. The highest BCUT2D eigenvalue weighted by Crippen LogP contribution is 2.15. The number of carbonyl (C=O) groups is 1. The maximum absolute atomic E-state index is 11.5. The molecule has 0 aromatic heterocycles. The molecule has 0 aliphatic heterocycles. The fourth-order valence-corrected chi connectivity index (χ4v) is 2.21. The van der Waals surface area contributed by atoms with Crippen LogP contribution in [0, 0.1) is 0 Å². The van der Waals surface area contributed by atoms with E-state index in [9.17, 15) is 9.90 Å². The third kappa shape index (κ3) is 5.59. The molecule has 0 saturated heterocycles. The minimum atomic E-state index is -0.324. The summed E-state index contributed by atoms with van der Waals surface area (Å²) in [5, 5.41) is 12.9. The SMILES string of the molecule is CCOC(=O)c1ccc(OCCNCCc2ccccc2O)cc1. The summed E-state index contributed by atoms with van der Waals surface area (Å²) in [5.41, 5.74) is 1.45. The van der Waals surface area contributed by atoms with Crippen molar-refractivity contribution in [3.8, 4) is 11.5 Å². The van der Waals surface area contributed by atoms with Gasteiger partial charge in [0, 0.05) is 6.54 Å². The molecule has 2 aromatic rings. The van der Waals surface area contributed by atoms with Crippen LogP contribution in [0.4, 0.5) is 0 Å². The smallest absolute Gasteiger partial charge is 0.338 e. The maximum atomic E-state index is 11.5. The molecule has 0 aliphatic carbocycles. The third-order valence-corrected chi connectivity index (χ3v) is 3.48. The topological polar surface area (TPSA) is 67.8 Å². The van der Waals surface area contributed by atoms with Crippen molar-refractivity contribution in [1.82, 2.24) is 5.32 Å². The average molecular weight is 329 g/mol. The van der Waals surface area contributed by atoms with Crippen molar-refractivity contribution in [2.45, 2.75) is 13.3 Å². The van der Waals surface area contributed by atoms with Gasteiger partial charge >= 0.3 is 5.97 Å². The molecule has 0 bridgehead atoms. The Morgan fingerprint density at radius 2 is 1.83 bits per heavy atom. The first-order valence-electron chi connectivity index (χ1n) is 8.08. The van der Waals surface area contributed by atoms with E-state index in [4.69, 9.17) is 9.47 Å². The number of aromatic hydroxyl groups is 1. The lowest BCUT2D eigenvalue weighted by Gasteiger charge is -2.09. The van der Waals surface area contributed by atoms with Crippen molar-refractivity contribution in [3.63, 3.8) is 0 Å². The molecule has 0 spiro atoms. The number of phenolic OH excluding ortho intramolecular Hbond substituents is 1. The van der Waals surface area contributed by atoms with Crippen molar-refractivity contribution < 1.29 is 19.4 Å². The molecule has 2 rings (SSSR count). The van der Waals surface area contributed by atoms with Crippen LogP contribution >= 0.6 is 0 Å². The predicted molar refractivity (Wildman–Crippen MR) is 92.6 cm³/mol. The summed E-state index contributed by atoms with van der Waals surface area (Å²) in [6.45, 7) is 4.14. The lowest BCUT2D eigenvalue weighted by atomic mass is 10.1. The molecule has 0 aliphatic rings. The molecule has 0 atom stereocenters. The first-order valence-corrected chi connectivity index (χ1v) is 8.08. The van der Waals surface area contributed by atoms with E-state index in [2.05, 4.69) is 5.32 Å². The number of benzene rings is 2. The summed E-state index contributed by atoms with van der Waals surface area (Å²) in [7, 11) is 0. The van der Waals surface area contributed by atoms with Crippen LogP contribution in [-0.4, -0.2) is 37.4 Å². The Kier molecular flexibility index (Phi) is 7.11. The first kappa shape index (κ1) is 17.8. The van der Waals surface area contributed by atoms with Gasteiger partial charge in [0.1, 0.15) is 18.1 Å². The van der Waals surface area contributed by atoms with E-state index >= 15 is 0 Å². The standard InChI is InChI=1S/C19H23NO4/c1-2-23-19(22)16-7-9-17(10-8-16)24-14-13-20-12-11-15-5-3-4-6-18(15)21/h3-10,20-21H,2,11-14H2,1H3. The van der Waals surface area contributed by atoms with Crippen LogP contribution in [0.3, 0.4) is 0 Å². The van der Waals surface area contributed by atoms with Gasteiger partial charge in [0.2, 0.25) is 0 Å². The predicted octanol–water partition coefficient (Wildman–Crippen LogP) is 2.78. The molecular formula is C19H23NO4. The fraction of sp³-hybridized carbons (Fsp3) is 0.316. The number of phenols is 1. The Bertz CT molecular complexity index is 640. The molecule has 0 heterocycles. The van der Waals surface area contributed by atoms with E-state index in [0.717, 1.165) is 18.5 Å². The second kappa shape index (κ2) is 9.57. The molecule has 5 nitrogen and oxygen atoms in total. The summed E-state index contributed by atoms with van der Waals surface area (Å²) < 4.78 is 10.5. The summed E-state index contributed by atoms with van der Waals surface area (Å²) in [6, 6.07) is 14.2. The largest absolute Gasteiger partial charge is 0.508 e. The molecule has 0 amide bonds. The van der Waals surface area contributed by atoms with E-state index in [1.807, 2.05) is 18.2 Å². The number of hydrogen-bond acceptors (Lipinski definition) is 5. The highest BCUT2D eigenvalue weighted by molar-refractivity contribution is 5.89. The van der Waals surface area contributed by atoms with E-state index in [1.165, 1.54) is 0 Å². The molecule has 0 unspecified atom stereocenters. The Labute approximate surface area is 142 Å². The Hall–Kier alpha value is -2.53. The van der Waals surface area contributed by atoms with Crippen LogP contribution in [0.25, 0.3) is 0 Å². The number of hydrogen-bond donors (Lipinski definition) is 2. The summed E-state index contributed by atoms with van der Waals surface area (Å²) in [4.78, 5) is 11.5. The zero-order chi connectivity index (χ0) is 17.2. The highest BCUT2D eigenvalue weighted by atomic mass is 16.5. The van der Waals surface area contributed by atoms with Crippen LogP contribution in [0.15, 0.2) is 48.5 Å². The highest BCUT2D eigenvalue weighted by Gasteiger charge is 2.05. The molecule has 0 saturated carbocycles. The van der Waals surface area contributed by atoms with Crippen molar-refractivity contribution in [2.24, 2.45) is 0 Å². The van der Waals surface area contributed by atoms with Crippen molar-refractivity contribution >= 4 is 5.97 Å². The molecule has 0 radical (unpaired) electrons. The van der Waals surface area contributed by atoms with Gasteiger partial charge in [-0.3, -0.25) is 0 Å². The van der Waals surface area contributed by atoms with Crippen molar-refractivity contribution in [1.29, 1.82) is 0 Å². The molecule has 2 aromatic carbocycles. The Balaban J connectivity index is 1.64. The van der Waals surface area contributed by atoms with Crippen LogP contribution in [0.2, 0.25) is 0 Å². The third-order valence-electron chi connectivity index (χ3n) is 3.48. The van der Waals surface area contributed by atoms with E-state index < -0.39 is 0 Å². The minimum Gasteiger partial charge on any atom is -0.508 e. The number of ether oxygens (including phenoxy) is 2. The maximum Gasteiger partial charge on any atom is 0.338 e. The Morgan fingerprint density at radius 1 is 1.08 bits per heavy atom. The van der Waals surface area contributed by atoms with Crippen LogP contribution < -0.4 is 10.1 Å². The van der Waals surface area contributed by atoms with Gasteiger partial charge in [-0.1, -0.05) is 18.2 Å². The van der Waals surface area contributed by atoms with Gasteiger partial charge in [-0.2, -0.15) is 0 Å². The number of esters is 1. The van der Waals surface area contributed by atoms with Crippen LogP contribution in [0.1, 0.15) is 22.8 Å². The van der Waals surface area contributed by atoms with Gasteiger partial charge < -0.3 is 19.9 Å². The van der Waals surface area contributed by atoms with Crippen LogP contribution in [-0.2, 0) is 11.2 Å². The number of rotatable bonds is 9. The van der Waals surface area contributed by atoms with Gasteiger partial charge in [0.05, 0.1) is 12.2 Å². The summed E-state index contributed by atoms with van der Waals surface area (Å²) in [6.07, 6.45) is 0.765. The van der Waals surface area contributed by atoms with E-state index in [-0.39, 0.29) is 5.97 Å². The fourth-order valence-electron chi connectivity index (χ4n) is 2.21. The van der Waals surface area contributed by atoms with E-state index in [0.29, 0.717) is 36.8 Å². The lowest BCUT2D eigenvalue weighted by Crippen LogP contribution is -2.23. The second-order valence-electron chi connectivity index (χ2n) is 5.22.